The molecule has 6 aromatic carbocycles. The summed E-state index contributed by atoms with van der Waals surface area (Å²) in [6, 6.07) is 44.4. The second-order valence-electron chi connectivity index (χ2n) is 19.5. The lowest BCUT2D eigenvalue weighted by Crippen LogP contribution is -2.61. The van der Waals surface area contributed by atoms with Gasteiger partial charge in [-0.15, -0.1) is 11.3 Å². The van der Waals surface area contributed by atoms with E-state index in [0.29, 0.717) is 0 Å². The topological polar surface area (TPSA) is 6.48 Å². The molecule has 284 valence electrons. The number of hydrogen-bond donors (Lipinski definition) is 0. The number of aryl methyl sites for hydroxylation is 3. The van der Waals surface area contributed by atoms with Crippen LogP contribution in [0.2, 0.25) is 0 Å². The Labute approximate surface area is 344 Å². The fourth-order valence-corrected chi connectivity index (χ4v) is 11.7. The molecule has 0 saturated heterocycles. The van der Waals surface area contributed by atoms with Gasteiger partial charge in [-0.3, -0.25) is 0 Å². The average Bonchev–Trinajstić information content (AvgIpc) is 3.56. The van der Waals surface area contributed by atoms with Gasteiger partial charge in [0.1, 0.15) is 0 Å². The lowest BCUT2D eigenvalue weighted by Gasteiger charge is -2.47. The predicted octanol–water partition coefficient (Wildman–Crippen LogP) is 13.2. The first-order valence-corrected chi connectivity index (χ1v) is 21.7. The van der Waals surface area contributed by atoms with E-state index < -0.39 is 0 Å². The molecule has 2 nitrogen and oxygen atoms in total. The molecule has 0 atom stereocenters. The zero-order chi connectivity index (χ0) is 39.8. The van der Waals surface area contributed by atoms with Crippen molar-refractivity contribution < 1.29 is 0 Å². The summed E-state index contributed by atoms with van der Waals surface area (Å²) in [4.78, 5) is 5.28. The average molecular weight is 761 g/mol. The highest BCUT2D eigenvalue weighted by Gasteiger charge is 2.48. The third kappa shape index (κ3) is 5.50. The van der Waals surface area contributed by atoms with Gasteiger partial charge in [-0.2, -0.15) is 0 Å². The van der Waals surface area contributed by atoms with Crippen LogP contribution in [0.25, 0.3) is 21.2 Å². The Bertz CT molecular complexity index is 2740. The van der Waals surface area contributed by atoms with E-state index >= 15 is 0 Å². The van der Waals surface area contributed by atoms with Gasteiger partial charge in [0.2, 0.25) is 0 Å². The molecule has 0 radical (unpaired) electrons. The number of thiophene rings is 1. The lowest BCUT2D eigenvalue weighted by atomic mass is 9.35. The molecular formula is C53H53BN2S. The molecule has 3 aliphatic rings. The Balaban J connectivity index is 1.32. The van der Waals surface area contributed by atoms with Crippen LogP contribution >= 0.6 is 11.3 Å². The zero-order valence-electron chi connectivity index (χ0n) is 35.3. The third-order valence-corrected chi connectivity index (χ3v) is 14.7. The summed E-state index contributed by atoms with van der Waals surface area (Å²) in [5.41, 5.74) is 21.6. The number of fused-ring (bicyclic) bond motifs is 7. The van der Waals surface area contributed by atoms with Crippen molar-refractivity contribution in [2.45, 2.75) is 98.3 Å². The van der Waals surface area contributed by atoms with Crippen LogP contribution in [0.4, 0.5) is 34.1 Å². The van der Waals surface area contributed by atoms with E-state index in [4.69, 9.17) is 0 Å². The molecule has 0 saturated carbocycles. The van der Waals surface area contributed by atoms with Crippen LogP contribution in [-0.4, -0.2) is 6.71 Å². The molecule has 0 amide bonds. The van der Waals surface area contributed by atoms with Crippen molar-refractivity contribution >= 4 is 78.0 Å². The van der Waals surface area contributed by atoms with Crippen LogP contribution in [0.5, 0.6) is 0 Å². The van der Waals surface area contributed by atoms with Crippen molar-refractivity contribution in [2.75, 3.05) is 9.80 Å². The van der Waals surface area contributed by atoms with E-state index in [9.17, 15) is 0 Å². The minimum Gasteiger partial charge on any atom is -0.311 e. The molecule has 0 N–H and O–H groups in total. The van der Waals surface area contributed by atoms with Crippen molar-refractivity contribution in [3.8, 4) is 11.1 Å². The number of anilines is 6. The van der Waals surface area contributed by atoms with E-state index in [2.05, 4.69) is 194 Å². The maximum absolute atomic E-state index is 2.67. The van der Waals surface area contributed by atoms with E-state index in [0.717, 1.165) is 0 Å². The summed E-state index contributed by atoms with van der Waals surface area (Å²) >= 11 is 1.99. The van der Waals surface area contributed by atoms with Crippen LogP contribution < -0.4 is 25.5 Å². The number of rotatable bonds is 3. The summed E-state index contributed by atoms with van der Waals surface area (Å²) in [5.74, 6) is 0. The Morgan fingerprint density at radius 1 is 0.596 bits per heavy atom. The molecule has 2 aliphatic heterocycles. The number of nitrogens with zero attached hydrogens (tertiary/aromatic N) is 2. The molecule has 0 fully saturated rings. The number of benzene rings is 6. The summed E-state index contributed by atoms with van der Waals surface area (Å²) < 4.78 is 2.78. The van der Waals surface area contributed by atoms with E-state index in [1.54, 1.807) is 0 Å². The largest absolute Gasteiger partial charge is 0.311 e. The molecule has 7 aromatic rings. The predicted molar refractivity (Wildman–Crippen MR) is 249 cm³/mol. The van der Waals surface area contributed by atoms with Crippen LogP contribution in [0, 0.1) is 20.8 Å². The van der Waals surface area contributed by atoms with Crippen molar-refractivity contribution in [2.24, 2.45) is 0 Å². The van der Waals surface area contributed by atoms with Crippen molar-refractivity contribution in [3.05, 3.63) is 149 Å². The highest BCUT2D eigenvalue weighted by atomic mass is 32.1. The first-order valence-electron chi connectivity index (χ1n) is 20.8. The quantitative estimate of drug-likeness (QED) is 0.166. The molecule has 3 heterocycles. The highest BCUT2D eigenvalue weighted by molar-refractivity contribution is 7.33. The molecule has 1 aliphatic carbocycles. The Kier molecular flexibility index (Phi) is 7.94. The summed E-state index contributed by atoms with van der Waals surface area (Å²) in [6.07, 6.45) is 2.37. The molecule has 0 spiro atoms. The summed E-state index contributed by atoms with van der Waals surface area (Å²) in [6.45, 7) is 23.8. The van der Waals surface area contributed by atoms with Crippen LogP contribution in [0.1, 0.15) is 94.7 Å². The fraction of sp³-hybridized carbons (Fsp3) is 0.283. The van der Waals surface area contributed by atoms with Gasteiger partial charge in [-0.1, -0.05) is 115 Å². The second kappa shape index (κ2) is 12.5. The highest BCUT2D eigenvalue weighted by Crippen LogP contribution is 2.52. The molecule has 57 heavy (non-hydrogen) atoms. The van der Waals surface area contributed by atoms with Gasteiger partial charge in [0.25, 0.3) is 6.71 Å². The maximum Gasteiger partial charge on any atom is 0.264 e. The summed E-state index contributed by atoms with van der Waals surface area (Å²) in [7, 11) is 0. The van der Waals surface area contributed by atoms with Crippen molar-refractivity contribution in [3.63, 3.8) is 0 Å². The Morgan fingerprint density at radius 2 is 1.19 bits per heavy atom. The first kappa shape index (κ1) is 36.3. The SMILES string of the molecule is Cc1cc2c3c(c1)N(c1ccc(C(C)(C)C)cc1)c1c(sc4ccccc14)B3c1cc3c(cc1N2c1c(C)cc(-c2ccccc2)cc1C)C(C)(C)CCC3(C)C. The zero-order valence-corrected chi connectivity index (χ0v) is 36.1. The first-order chi connectivity index (χ1) is 27.1. The lowest BCUT2D eigenvalue weighted by molar-refractivity contribution is 0.332. The molecule has 4 heteroatoms. The van der Waals surface area contributed by atoms with Gasteiger partial charge < -0.3 is 9.80 Å². The van der Waals surface area contributed by atoms with Crippen LogP contribution in [-0.2, 0) is 16.2 Å². The van der Waals surface area contributed by atoms with Gasteiger partial charge in [0, 0.05) is 37.6 Å². The maximum atomic E-state index is 2.67. The monoisotopic (exact) mass is 760 g/mol. The van der Waals surface area contributed by atoms with Gasteiger partial charge in [0.15, 0.2) is 0 Å². The normalized spacial score (nSPS) is 16.3. The third-order valence-electron chi connectivity index (χ3n) is 13.5. The molecule has 10 rings (SSSR count). The van der Waals surface area contributed by atoms with E-state index in [-0.39, 0.29) is 23.0 Å². The van der Waals surface area contributed by atoms with Crippen molar-refractivity contribution in [1.82, 2.24) is 0 Å². The number of hydrogen-bond acceptors (Lipinski definition) is 3. The Hall–Kier alpha value is -5.06. The smallest absolute Gasteiger partial charge is 0.264 e. The van der Waals surface area contributed by atoms with Gasteiger partial charge in [-0.25, -0.2) is 0 Å². The van der Waals surface area contributed by atoms with Crippen LogP contribution in [0.3, 0.4) is 0 Å². The van der Waals surface area contributed by atoms with E-state index in [1.165, 1.54) is 117 Å². The van der Waals surface area contributed by atoms with Gasteiger partial charge in [0.05, 0.1) is 11.4 Å². The van der Waals surface area contributed by atoms with Crippen LogP contribution in [0.15, 0.2) is 115 Å². The van der Waals surface area contributed by atoms with Gasteiger partial charge >= 0.3 is 0 Å². The second-order valence-corrected chi connectivity index (χ2v) is 20.6. The molecule has 1 aromatic heterocycles. The molecule has 0 bridgehead atoms. The van der Waals surface area contributed by atoms with E-state index in [1.807, 2.05) is 11.3 Å². The van der Waals surface area contributed by atoms with Crippen molar-refractivity contribution in [1.29, 1.82) is 0 Å². The Morgan fingerprint density at radius 3 is 1.84 bits per heavy atom. The minimum absolute atomic E-state index is 0.0751. The minimum atomic E-state index is 0.0751. The summed E-state index contributed by atoms with van der Waals surface area (Å²) in [5, 5.41) is 1.33. The molecular weight excluding hydrogens is 707 g/mol. The fourth-order valence-electron chi connectivity index (χ4n) is 10.4. The van der Waals surface area contributed by atoms with Gasteiger partial charge in [-0.05, 0) is 154 Å². The molecule has 0 unspecified atom stereocenters. The standard InChI is InChI=1S/C53H53BN2S/c1-32-26-44-47-45(27-32)56(48-33(2)28-36(29-34(48)3)35-16-12-11-13-17-35)43-31-41-40(52(7,8)24-25-53(41,9)10)30-42(43)54(47)50-49(39-18-14-15-19-46(39)57-50)55(44)38-22-20-37(21-23-38)51(4,5)6/h11-23,26-31H,24-25H2,1-10H3.